The van der Waals surface area contributed by atoms with E-state index in [1.807, 2.05) is 96.1 Å². The number of fused-ring (bicyclic) bond motifs is 5. The Hall–Kier alpha value is -3.57. The highest BCUT2D eigenvalue weighted by molar-refractivity contribution is 5.91. The lowest BCUT2D eigenvalue weighted by atomic mass is 9.40. The second-order valence-corrected chi connectivity index (χ2v) is 19.2. The normalized spacial score (nSPS) is 39.1. The summed E-state index contributed by atoms with van der Waals surface area (Å²) in [5.74, 6) is -1.88. The SMILES string of the molecule is CO[C@H]1C[C@H]2OC[C@@]2(C)C2C(C)[C@]3(O)C[C@H](OC(=O)[C@@H]4OC(c5ccc(C)cc5)N(C(=O)OC(C)(C)C)[C@H]4c4ccccc4)C(C)=C([C@@H](C)C(=O)[C@@]21C)C3(C)C. The molecule has 4 fully saturated rings. The average Bonchev–Trinajstić information content (AvgIpc) is 3.53. The largest absolute Gasteiger partial charge is 0.456 e. The van der Waals surface area contributed by atoms with Crippen LogP contribution < -0.4 is 0 Å². The van der Waals surface area contributed by atoms with Crippen molar-refractivity contribution >= 4 is 17.8 Å². The summed E-state index contributed by atoms with van der Waals surface area (Å²) >= 11 is 0. The van der Waals surface area contributed by atoms with Gasteiger partial charge in [0.1, 0.15) is 23.5 Å². The van der Waals surface area contributed by atoms with Gasteiger partial charge < -0.3 is 28.8 Å². The summed E-state index contributed by atoms with van der Waals surface area (Å²) in [6.45, 7) is 22.1. The van der Waals surface area contributed by atoms with Crippen LogP contribution in [0, 0.1) is 40.9 Å². The Morgan fingerprint density at radius 1 is 0.946 bits per heavy atom. The van der Waals surface area contributed by atoms with E-state index in [2.05, 4.69) is 13.8 Å². The maximum Gasteiger partial charge on any atom is 0.413 e. The third kappa shape index (κ3) is 5.99. The molecule has 56 heavy (non-hydrogen) atoms. The molecule has 3 aliphatic carbocycles. The summed E-state index contributed by atoms with van der Waals surface area (Å²) in [7, 11) is 1.66. The maximum atomic E-state index is 15.1. The Balaban J connectivity index is 1.31. The molecule has 1 amide bonds. The van der Waals surface area contributed by atoms with Crippen molar-refractivity contribution in [2.24, 2.45) is 34.0 Å². The summed E-state index contributed by atoms with van der Waals surface area (Å²) in [5.41, 5.74) is -0.368. The van der Waals surface area contributed by atoms with E-state index in [1.165, 1.54) is 4.90 Å². The van der Waals surface area contributed by atoms with Crippen molar-refractivity contribution in [3.05, 3.63) is 82.4 Å². The number of carbonyl (C=O) groups is 3. The number of hydrogen-bond acceptors (Lipinski definition) is 9. The van der Waals surface area contributed by atoms with Gasteiger partial charge in [-0.1, -0.05) is 94.8 Å². The minimum Gasteiger partial charge on any atom is -0.456 e. The van der Waals surface area contributed by atoms with Crippen LogP contribution >= 0.6 is 0 Å². The molecule has 1 N–H and O–H groups in total. The van der Waals surface area contributed by atoms with Crippen molar-refractivity contribution in [2.45, 2.75) is 137 Å². The zero-order chi connectivity index (χ0) is 40.9. The molecule has 0 aromatic heterocycles. The maximum absolute atomic E-state index is 15.1. The van der Waals surface area contributed by atoms with Gasteiger partial charge in [0.15, 0.2) is 12.3 Å². The van der Waals surface area contributed by atoms with E-state index in [-0.39, 0.29) is 35.7 Å². The van der Waals surface area contributed by atoms with Gasteiger partial charge in [-0.3, -0.25) is 9.69 Å². The Morgan fingerprint density at radius 2 is 1.59 bits per heavy atom. The molecule has 2 aromatic rings. The van der Waals surface area contributed by atoms with Crippen LogP contribution in [0.1, 0.15) is 111 Å². The third-order valence-electron chi connectivity index (χ3n) is 14.6. The number of rotatable bonds is 5. The number of aryl methyl sites for hydroxylation is 1. The monoisotopic (exact) mass is 771 g/mol. The van der Waals surface area contributed by atoms with E-state index in [4.69, 9.17) is 23.7 Å². The minimum atomic E-state index is -1.39. The summed E-state index contributed by atoms with van der Waals surface area (Å²) < 4.78 is 31.4. The van der Waals surface area contributed by atoms with Gasteiger partial charge in [0.25, 0.3) is 0 Å². The lowest BCUT2D eigenvalue weighted by molar-refractivity contribution is -0.303. The topological polar surface area (TPSA) is 121 Å². The second kappa shape index (κ2) is 13.8. The van der Waals surface area contributed by atoms with Crippen molar-refractivity contribution in [1.29, 1.82) is 0 Å². The number of Topliss-reactive ketones (excluding diaryl/α,β-unsaturated/α-hetero) is 1. The molecule has 7 rings (SSSR count). The number of amides is 1. The minimum absolute atomic E-state index is 0.0708. The molecule has 2 aromatic carbocycles. The number of esters is 1. The first-order valence-electron chi connectivity index (χ1n) is 20.2. The Bertz CT molecular complexity index is 1900. The lowest BCUT2D eigenvalue weighted by Crippen LogP contribution is -2.74. The highest BCUT2D eigenvalue weighted by atomic mass is 16.6. The quantitative estimate of drug-likeness (QED) is 0.238. The zero-order valence-corrected chi connectivity index (χ0v) is 35.2. The van der Waals surface area contributed by atoms with Crippen molar-refractivity contribution < 1.29 is 43.2 Å². The van der Waals surface area contributed by atoms with Crippen LogP contribution in [-0.4, -0.2) is 77.2 Å². The highest BCUT2D eigenvalue weighted by Crippen LogP contribution is 2.68. The first-order valence-corrected chi connectivity index (χ1v) is 20.2. The summed E-state index contributed by atoms with van der Waals surface area (Å²) in [4.78, 5) is 45.7. The van der Waals surface area contributed by atoms with Crippen LogP contribution in [0.25, 0.3) is 0 Å². The first-order chi connectivity index (χ1) is 26.1. The number of carbonyl (C=O) groups excluding carboxylic acids is 3. The van der Waals surface area contributed by atoms with E-state index in [0.29, 0.717) is 24.2 Å². The van der Waals surface area contributed by atoms with Crippen LogP contribution in [0.3, 0.4) is 0 Å². The molecular weight excluding hydrogens is 711 g/mol. The van der Waals surface area contributed by atoms with Crippen LogP contribution in [0.2, 0.25) is 0 Å². The number of ether oxygens (including phenoxy) is 5. The van der Waals surface area contributed by atoms with Crippen molar-refractivity contribution in [2.75, 3.05) is 13.7 Å². The van der Waals surface area contributed by atoms with Gasteiger partial charge in [0.2, 0.25) is 0 Å². The first kappa shape index (κ1) is 40.6. The molecule has 2 heterocycles. The molecule has 2 saturated heterocycles. The molecule has 0 spiro atoms. The lowest BCUT2D eigenvalue weighted by Gasteiger charge is -2.69. The van der Waals surface area contributed by atoms with Gasteiger partial charge in [-0.05, 0) is 70.1 Å². The van der Waals surface area contributed by atoms with Crippen LogP contribution in [0.15, 0.2) is 65.7 Å². The van der Waals surface area contributed by atoms with E-state index in [0.717, 1.165) is 16.7 Å². The number of benzene rings is 2. The molecule has 5 aliphatic rings. The predicted octanol–water partition coefficient (Wildman–Crippen LogP) is 8.06. The molecule has 10 heteroatoms. The van der Waals surface area contributed by atoms with Crippen molar-refractivity contribution in [3.63, 3.8) is 0 Å². The van der Waals surface area contributed by atoms with E-state index >= 15 is 4.79 Å². The van der Waals surface area contributed by atoms with Crippen molar-refractivity contribution in [3.8, 4) is 0 Å². The Kier molecular flexibility index (Phi) is 9.99. The van der Waals surface area contributed by atoms with Gasteiger partial charge >= 0.3 is 12.1 Å². The Morgan fingerprint density at radius 3 is 2.16 bits per heavy atom. The molecule has 2 bridgehead atoms. The molecule has 2 saturated carbocycles. The standard InChI is InChI=1S/C46H61NO9/c1-25-18-20-30(21-19-25)39-47(41(50)56-42(5,6)7)35(29-16-14-13-15-17-29)36(55-39)40(49)54-31-23-46(51)28(4)37-44(10)24-53-32(44)22-33(52-12)45(37,11)38(48)27(3)34(26(31)2)43(46,8)9/h13-21,27-28,31-33,35-37,39,51H,22-24H2,1-12H3/t27-,28?,31+,32-,33+,35+,36-,37?,39?,44-,45-,46-/m1/s1. The van der Waals surface area contributed by atoms with Crippen LogP contribution in [0.5, 0.6) is 0 Å². The van der Waals surface area contributed by atoms with Gasteiger partial charge in [-0.15, -0.1) is 0 Å². The number of hydrogen-bond donors (Lipinski definition) is 1. The molecule has 12 atom stereocenters. The van der Waals surface area contributed by atoms with Crippen LogP contribution in [-0.2, 0) is 33.3 Å². The van der Waals surface area contributed by atoms with Crippen molar-refractivity contribution in [1.82, 2.24) is 4.90 Å². The summed E-state index contributed by atoms with van der Waals surface area (Å²) in [6, 6.07) is 16.1. The number of aliphatic hydroxyl groups is 1. The fourth-order valence-corrected chi connectivity index (χ4v) is 11.8. The van der Waals surface area contributed by atoms with Gasteiger partial charge in [-0.2, -0.15) is 0 Å². The van der Waals surface area contributed by atoms with Crippen LogP contribution in [0.4, 0.5) is 4.79 Å². The molecule has 0 radical (unpaired) electrons. The molecule has 2 aliphatic heterocycles. The van der Waals surface area contributed by atoms with Gasteiger partial charge in [0, 0.05) is 42.3 Å². The summed E-state index contributed by atoms with van der Waals surface area (Å²) in [6.07, 6.45) is -3.44. The second-order valence-electron chi connectivity index (χ2n) is 19.2. The fraction of sp³-hybridized carbons (Fsp3) is 0.630. The van der Waals surface area contributed by atoms with E-state index in [1.54, 1.807) is 27.9 Å². The van der Waals surface area contributed by atoms with Gasteiger partial charge in [-0.25, -0.2) is 9.59 Å². The van der Waals surface area contributed by atoms with E-state index in [9.17, 15) is 14.7 Å². The van der Waals surface area contributed by atoms with E-state index < -0.39 is 70.4 Å². The molecular formula is C46H61NO9. The number of nitrogens with zero attached hydrogens (tertiary/aromatic N) is 1. The average molecular weight is 772 g/mol. The molecule has 10 nitrogen and oxygen atoms in total. The predicted molar refractivity (Wildman–Crippen MR) is 210 cm³/mol. The number of ketones is 1. The zero-order valence-electron chi connectivity index (χ0n) is 35.2. The Labute approximate surface area is 332 Å². The molecule has 3 unspecified atom stereocenters. The van der Waals surface area contributed by atoms with Gasteiger partial charge in [0.05, 0.1) is 29.8 Å². The third-order valence-corrected chi connectivity index (χ3v) is 14.6. The highest BCUT2D eigenvalue weighted by Gasteiger charge is 2.73. The number of methoxy groups -OCH3 is 1. The molecule has 304 valence electrons. The smallest absolute Gasteiger partial charge is 0.413 e. The summed E-state index contributed by atoms with van der Waals surface area (Å²) in [5, 5.41) is 13.4. The fourth-order valence-electron chi connectivity index (χ4n) is 11.8.